The Balaban J connectivity index is -0.000000141. The van der Waals surface area contributed by atoms with Crippen molar-refractivity contribution in [3.8, 4) is 0 Å². The minimum absolute atomic E-state index is 0.939. The van der Waals surface area contributed by atoms with Crippen LogP contribution in [-0.4, -0.2) is 13.7 Å². The van der Waals surface area contributed by atoms with E-state index in [-0.39, 0.29) is 0 Å². The lowest BCUT2D eigenvalue weighted by Crippen LogP contribution is -1.88. The summed E-state index contributed by atoms with van der Waals surface area (Å²) >= 11 is 0. The fourth-order valence-corrected chi connectivity index (χ4v) is 1.38. The molecule has 0 aliphatic heterocycles. The second kappa shape index (κ2) is 44.2. The molecule has 110 valence electrons. The van der Waals surface area contributed by atoms with Crippen LogP contribution in [-0.2, 0) is 4.74 Å². The molecule has 18 heavy (non-hydrogen) atoms. The van der Waals surface area contributed by atoms with E-state index in [9.17, 15) is 0 Å². The first-order chi connectivity index (χ1) is 8.91. The minimum Gasteiger partial charge on any atom is -0.385 e. The van der Waals surface area contributed by atoms with Gasteiger partial charge in [0, 0.05) is 13.7 Å². The van der Waals surface area contributed by atoms with E-state index in [0.717, 1.165) is 6.61 Å². The Hall–Kier alpha value is -0.820. The lowest BCUT2D eigenvalue weighted by molar-refractivity contribution is 0.192. The van der Waals surface area contributed by atoms with Gasteiger partial charge in [-0.25, -0.2) is 0 Å². The Morgan fingerprint density at radius 1 is 0.611 bits per heavy atom. The Bertz CT molecular complexity index is 87.0. The molecule has 0 bridgehead atoms. The second-order valence-electron chi connectivity index (χ2n) is 3.47. The number of ether oxygens (including phenoxy) is 1. The third-order valence-electron chi connectivity index (χ3n) is 2.20. The Morgan fingerprint density at radius 2 is 0.944 bits per heavy atom. The van der Waals surface area contributed by atoms with Gasteiger partial charge in [0.1, 0.15) is 0 Å². The fraction of sp³-hybridized carbons (Fsp3) is 0.647. The van der Waals surface area contributed by atoms with E-state index in [1.807, 2.05) is 0 Å². The summed E-state index contributed by atoms with van der Waals surface area (Å²) < 4.78 is 4.99. The minimum atomic E-state index is 0.939. The highest BCUT2D eigenvalue weighted by Gasteiger charge is 1.90. The molecule has 0 radical (unpaired) electrons. The van der Waals surface area contributed by atoms with Crippen LogP contribution in [0.25, 0.3) is 0 Å². The molecule has 0 atom stereocenters. The maximum absolute atomic E-state index is 4.99. The van der Waals surface area contributed by atoms with Gasteiger partial charge < -0.3 is 4.74 Å². The number of rotatable bonds is 9. The molecule has 1 heteroatoms. The predicted molar refractivity (Wildman–Crippen MR) is 88.2 cm³/mol. The van der Waals surface area contributed by atoms with Crippen molar-refractivity contribution in [2.45, 2.75) is 58.3 Å². The van der Waals surface area contributed by atoms with Gasteiger partial charge in [-0.2, -0.15) is 0 Å². The number of methoxy groups -OCH3 is 1. The van der Waals surface area contributed by atoms with Gasteiger partial charge in [0.15, 0.2) is 0 Å². The highest BCUT2D eigenvalue weighted by atomic mass is 16.5. The zero-order chi connectivity index (χ0) is 15.1. The SMILES string of the molecule is C=C.C=C.C=C.CCCCCCCCCCOC. The normalized spacial score (nSPS) is 7.67. The average molecular weight is 256 g/mol. The molecule has 0 unspecified atom stereocenters. The van der Waals surface area contributed by atoms with Gasteiger partial charge in [-0.1, -0.05) is 51.9 Å². The molecule has 0 aromatic heterocycles. The van der Waals surface area contributed by atoms with E-state index in [4.69, 9.17) is 4.74 Å². The number of unbranched alkanes of at least 4 members (excludes halogenated alkanes) is 7. The average Bonchev–Trinajstić information content (AvgIpc) is 2.48. The molecule has 0 heterocycles. The summed E-state index contributed by atoms with van der Waals surface area (Å²) in [6.07, 6.45) is 11.0. The zero-order valence-electron chi connectivity index (χ0n) is 13.0. The molecule has 0 N–H and O–H groups in total. The van der Waals surface area contributed by atoms with Gasteiger partial charge in [-0.15, -0.1) is 39.5 Å². The Kier molecular flexibility index (Phi) is 63.6. The van der Waals surface area contributed by atoms with Gasteiger partial charge in [-0.3, -0.25) is 0 Å². The third-order valence-corrected chi connectivity index (χ3v) is 2.20. The van der Waals surface area contributed by atoms with E-state index < -0.39 is 0 Å². The number of hydrogen-bond donors (Lipinski definition) is 0. The Morgan fingerprint density at radius 3 is 1.28 bits per heavy atom. The molecular weight excluding hydrogens is 220 g/mol. The van der Waals surface area contributed by atoms with E-state index in [1.54, 1.807) is 7.11 Å². The first-order valence-electron chi connectivity index (χ1n) is 6.90. The van der Waals surface area contributed by atoms with Crippen LogP contribution >= 0.6 is 0 Å². The monoisotopic (exact) mass is 256 g/mol. The van der Waals surface area contributed by atoms with Crippen LogP contribution in [0.15, 0.2) is 39.5 Å². The first-order valence-corrected chi connectivity index (χ1v) is 6.90. The van der Waals surface area contributed by atoms with Crippen molar-refractivity contribution in [2.75, 3.05) is 13.7 Å². The summed E-state index contributed by atoms with van der Waals surface area (Å²) in [4.78, 5) is 0. The summed E-state index contributed by atoms with van der Waals surface area (Å²) in [5.74, 6) is 0. The van der Waals surface area contributed by atoms with Crippen molar-refractivity contribution in [2.24, 2.45) is 0 Å². The lowest BCUT2D eigenvalue weighted by Gasteiger charge is -2.00. The van der Waals surface area contributed by atoms with Crippen LogP contribution < -0.4 is 0 Å². The quantitative estimate of drug-likeness (QED) is 0.353. The predicted octanol–water partition coefficient (Wildman–Crippen LogP) is 6.18. The topological polar surface area (TPSA) is 9.23 Å². The van der Waals surface area contributed by atoms with Gasteiger partial charge in [0.25, 0.3) is 0 Å². The number of hydrogen-bond acceptors (Lipinski definition) is 1. The molecule has 0 saturated heterocycles. The summed E-state index contributed by atoms with van der Waals surface area (Å²) in [6.45, 7) is 21.2. The van der Waals surface area contributed by atoms with E-state index in [2.05, 4.69) is 46.4 Å². The maximum atomic E-state index is 4.99. The summed E-state index contributed by atoms with van der Waals surface area (Å²) in [7, 11) is 1.78. The standard InChI is InChI=1S/C11H24O.3C2H4/c1-3-4-5-6-7-8-9-10-11-12-2;3*1-2/h3-11H2,1-2H3;3*1-2H2. The smallest absolute Gasteiger partial charge is 0.0462 e. The molecule has 0 aliphatic rings. The third kappa shape index (κ3) is 45.6. The van der Waals surface area contributed by atoms with Crippen LogP contribution in [0.1, 0.15) is 58.3 Å². The summed E-state index contributed by atoms with van der Waals surface area (Å²) in [6, 6.07) is 0. The van der Waals surface area contributed by atoms with Crippen molar-refractivity contribution in [3.63, 3.8) is 0 Å². The largest absolute Gasteiger partial charge is 0.385 e. The van der Waals surface area contributed by atoms with Gasteiger partial charge in [0.05, 0.1) is 0 Å². The van der Waals surface area contributed by atoms with Crippen molar-refractivity contribution < 1.29 is 4.74 Å². The molecule has 0 aromatic rings. The van der Waals surface area contributed by atoms with Crippen LogP contribution in [0, 0.1) is 0 Å². The van der Waals surface area contributed by atoms with E-state index in [1.165, 1.54) is 51.4 Å². The molecule has 0 aromatic carbocycles. The van der Waals surface area contributed by atoms with E-state index in [0.29, 0.717) is 0 Å². The van der Waals surface area contributed by atoms with Crippen LogP contribution in [0.4, 0.5) is 0 Å². The molecule has 1 nitrogen and oxygen atoms in total. The molecule has 0 rings (SSSR count). The molecule has 0 aliphatic carbocycles. The fourth-order valence-electron chi connectivity index (χ4n) is 1.38. The van der Waals surface area contributed by atoms with Crippen molar-refractivity contribution in [1.82, 2.24) is 0 Å². The molecular formula is C17H36O. The molecule has 0 saturated carbocycles. The first kappa shape index (κ1) is 25.9. The van der Waals surface area contributed by atoms with Crippen LogP contribution in [0.3, 0.4) is 0 Å². The van der Waals surface area contributed by atoms with Crippen molar-refractivity contribution in [1.29, 1.82) is 0 Å². The highest BCUT2D eigenvalue weighted by Crippen LogP contribution is 2.07. The summed E-state index contributed by atoms with van der Waals surface area (Å²) in [5.41, 5.74) is 0. The van der Waals surface area contributed by atoms with Crippen molar-refractivity contribution >= 4 is 0 Å². The van der Waals surface area contributed by atoms with Gasteiger partial charge in [-0.05, 0) is 6.42 Å². The summed E-state index contributed by atoms with van der Waals surface area (Å²) in [5, 5.41) is 0. The zero-order valence-corrected chi connectivity index (χ0v) is 13.0. The maximum Gasteiger partial charge on any atom is 0.0462 e. The van der Waals surface area contributed by atoms with E-state index >= 15 is 0 Å². The molecule has 0 fully saturated rings. The van der Waals surface area contributed by atoms with Crippen LogP contribution in [0.2, 0.25) is 0 Å². The molecule has 0 amide bonds. The molecule has 0 spiro atoms. The van der Waals surface area contributed by atoms with Gasteiger partial charge >= 0.3 is 0 Å². The Labute approximate surface area is 117 Å². The van der Waals surface area contributed by atoms with Gasteiger partial charge in [0.2, 0.25) is 0 Å². The highest BCUT2D eigenvalue weighted by molar-refractivity contribution is 4.45. The van der Waals surface area contributed by atoms with Crippen LogP contribution in [0.5, 0.6) is 0 Å². The lowest BCUT2D eigenvalue weighted by atomic mass is 10.1. The van der Waals surface area contributed by atoms with Crippen molar-refractivity contribution in [3.05, 3.63) is 39.5 Å². The second-order valence-corrected chi connectivity index (χ2v) is 3.47.